The zero-order valence-electron chi connectivity index (χ0n) is 30.8. The first-order valence-electron chi connectivity index (χ1n) is 18.0. The fraction of sp³-hybridized carbons (Fsp3) is 0.400. The van der Waals surface area contributed by atoms with Gasteiger partial charge < -0.3 is 24.9 Å². The molecule has 0 bridgehead atoms. The van der Waals surface area contributed by atoms with Crippen LogP contribution in [0, 0.1) is 4.84 Å². The van der Waals surface area contributed by atoms with Crippen molar-refractivity contribution in [2.75, 3.05) is 6.61 Å². The molecule has 0 spiro atoms. The molecule has 0 aliphatic carbocycles. The van der Waals surface area contributed by atoms with Crippen LogP contribution < -0.4 is 15.4 Å². The molecule has 0 radical (unpaired) electrons. The van der Waals surface area contributed by atoms with Crippen molar-refractivity contribution in [3.63, 3.8) is 0 Å². The van der Waals surface area contributed by atoms with Crippen LogP contribution in [0.1, 0.15) is 98.8 Å². The van der Waals surface area contributed by atoms with Gasteiger partial charge in [-0.1, -0.05) is 89.8 Å². The van der Waals surface area contributed by atoms with Crippen molar-refractivity contribution in [2.24, 2.45) is 0 Å². The van der Waals surface area contributed by atoms with Crippen molar-refractivity contribution in [3.05, 3.63) is 99.1 Å². The minimum Gasteiger partial charge on any atom is -0.494 e. The van der Waals surface area contributed by atoms with E-state index in [9.17, 15) is 14.7 Å². The van der Waals surface area contributed by atoms with E-state index in [0.29, 0.717) is 10.7 Å². The number of aromatic amines is 1. The highest BCUT2D eigenvalue weighted by Gasteiger charge is 2.30. The van der Waals surface area contributed by atoms with Crippen LogP contribution in [-0.2, 0) is 16.6 Å². The number of nitrogens with zero attached hydrogens (tertiary/aromatic N) is 3. The highest BCUT2D eigenvalue weighted by Crippen LogP contribution is 2.30. The number of aromatic nitrogens is 4. The SMILES string of the molecule is CCCCCCCOc1ccc(-c2cnc(-c3ccc(C[C@H](NC(=O)c4ccc(C(C)(C)C)s4)C(=O)N[C@@H](c4n[nH]c(=S)o4)C(C)O)cc3)nc2)cc1. The summed E-state index contributed by atoms with van der Waals surface area (Å²) in [6, 6.07) is 17.2. The molecule has 3 atom stereocenters. The van der Waals surface area contributed by atoms with E-state index in [0.717, 1.165) is 45.9 Å². The predicted octanol–water partition coefficient (Wildman–Crippen LogP) is 8.14. The van der Waals surface area contributed by atoms with Crippen LogP contribution in [0.3, 0.4) is 0 Å². The van der Waals surface area contributed by atoms with Gasteiger partial charge in [-0.3, -0.25) is 9.59 Å². The molecule has 2 aromatic carbocycles. The molecule has 2 amide bonds. The lowest BCUT2D eigenvalue weighted by Gasteiger charge is -2.23. The molecule has 1 unspecified atom stereocenters. The quantitative estimate of drug-likeness (QED) is 0.0544. The number of nitrogens with one attached hydrogen (secondary N) is 3. The van der Waals surface area contributed by atoms with Gasteiger partial charge in [0.1, 0.15) is 17.8 Å². The van der Waals surface area contributed by atoms with Gasteiger partial charge in [0, 0.05) is 34.8 Å². The first-order valence-corrected chi connectivity index (χ1v) is 19.2. The number of ether oxygens (including phenoxy) is 1. The second kappa shape index (κ2) is 18.4. The fourth-order valence-corrected chi connectivity index (χ4v) is 6.71. The summed E-state index contributed by atoms with van der Waals surface area (Å²) in [5, 5.41) is 22.6. The number of aliphatic hydroxyl groups excluding tert-OH is 1. The summed E-state index contributed by atoms with van der Waals surface area (Å²) in [6.45, 7) is 10.7. The number of benzene rings is 2. The summed E-state index contributed by atoms with van der Waals surface area (Å²) in [5.41, 5.74) is 3.36. The molecule has 3 heterocycles. The summed E-state index contributed by atoms with van der Waals surface area (Å²) >= 11 is 6.37. The van der Waals surface area contributed by atoms with Gasteiger partial charge in [0.25, 0.3) is 10.7 Å². The van der Waals surface area contributed by atoms with Gasteiger partial charge in [-0.2, -0.15) is 0 Å². The average Bonchev–Trinajstić information content (AvgIpc) is 3.82. The summed E-state index contributed by atoms with van der Waals surface area (Å²) in [7, 11) is 0. The highest BCUT2D eigenvalue weighted by atomic mass is 32.1. The van der Waals surface area contributed by atoms with Gasteiger partial charge in [0.15, 0.2) is 5.82 Å². The molecule has 0 saturated carbocycles. The van der Waals surface area contributed by atoms with E-state index < -0.39 is 24.1 Å². The predicted molar refractivity (Wildman–Crippen MR) is 209 cm³/mol. The molecular weight excluding hydrogens is 709 g/mol. The number of aliphatic hydroxyl groups is 1. The van der Waals surface area contributed by atoms with Gasteiger partial charge in [-0.15, -0.1) is 16.4 Å². The maximum Gasteiger partial charge on any atom is 0.284 e. The summed E-state index contributed by atoms with van der Waals surface area (Å²) in [5.74, 6) is 0.542. The first kappa shape index (κ1) is 39.5. The van der Waals surface area contributed by atoms with E-state index in [2.05, 4.69) is 58.5 Å². The lowest BCUT2D eigenvalue weighted by molar-refractivity contribution is -0.124. The second-order valence-corrected chi connectivity index (χ2v) is 15.6. The highest BCUT2D eigenvalue weighted by molar-refractivity contribution is 7.71. The lowest BCUT2D eigenvalue weighted by Crippen LogP contribution is -2.50. The van der Waals surface area contributed by atoms with Crippen LogP contribution in [0.25, 0.3) is 22.5 Å². The normalized spacial score (nSPS) is 13.2. The number of rotatable bonds is 17. The van der Waals surface area contributed by atoms with E-state index in [1.807, 2.05) is 54.6 Å². The third-order valence-corrected chi connectivity index (χ3v) is 10.4. The molecule has 0 aliphatic rings. The van der Waals surface area contributed by atoms with Crippen LogP contribution in [0.2, 0.25) is 0 Å². The number of thiophene rings is 1. The lowest BCUT2D eigenvalue weighted by atomic mass is 9.95. The number of hydrogen-bond acceptors (Lipinski definition) is 10. The average molecular weight is 757 g/mol. The van der Waals surface area contributed by atoms with Crippen LogP contribution in [0.15, 0.2) is 77.5 Å². The van der Waals surface area contributed by atoms with Gasteiger partial charge >= 0.3 is 0 Å². The number of amides is 2. The Morgan fingerprint density at radius 2 is 1.60 bits per heavy atom. The van der Waals surface area contributed by atoms with Gasteiger partial charge in [-0.25, -0.2) is 15.1 Å². The third kappa shape index (κ3) is 11.1. The number of H-pyrrole nitrogens is 1. The zero-order chi connectivity index (χ0) is 38.0. The minimum atomic E-state index is -1.06. The van der Waals surface area contributed by atoms with Crippen molar-refractivity contribution < 1.29 is 23.8 Å². The van der Waals surface area contributed by atoms with Crippen LogP contribution in [-0.4, -0.2) is 55.8 Å². The first-order chi connectivity index (χ1) is 25.4. The fourth-order valence-electron chi connectivity index (χ4n) is 5.61. The monoisotopic (exact) mass is 756 g/mol. The van der Waals surface area contributed by atoms with Crippen molar-refractivity contribution >= 4 is 35.4 Å². The van der Waals surface area contributed by atoms with Gasteiger partial charge in [-0.05, 0) is 66.4 Å². The van der Waals surface area contributed by atoms with Gasteiger partial charge in [0.2, 0.25) is 11.8 Å². The largest absolute Gasteiger partial charge is 0.494 e. The number of hydrogen-bond donors (Lipinski definition) is 4. The minimum absolute atomic E-state index is 0.0126. The number of unbranched alkanes of at least 4 members (excludes halogenated alkanes) is 4. The maximum atomic E-state index is 13.8. The molecule has 11 nitrogen and oxygen atoms in total. The second-order valence-electron chi connectivity index (χ2n) is 14.1. The Kier molecular flexibility index (Phi) is 13.7. The Morgan fingerprint density at radius 1 is 0.925 bits per heavy atom. The zero-order valence-corrected chi connectivity index (χ0v) is 32.5. The topological polar surface area (TPSA) is 155 Å². The van der Waals surface area contributed by atoms with Crippen LogP contribution in [0.4, 0.5) is 0 Å². The van der Waals surface area contributed by atoms with Crippen molar-refractivity contribution in [1.82, 2.24) is 30.8 Å². The Bertz CT molecular complexity index is 1980. The molecule has 280 valence electrons. The van der Waals surface area contributed by atoms with E-state index in [1.54, 1.807) is 18.5 Å². The molecule has 5 rings (SSSR count). The molecule has 53 heavy (non-hydrogen) atoms. The van der Waals surface area contributed by atoms with Crippen molar-refractivity contribution in [3.8, 4) is 28.3 Å². The molecule has 0 fully saturated rings. The van der Waals surface area contributed by atoms with E-state index >= 15 is 0 Å². The summed E-state index contributed by atoms with van der Waals surface area (Å²) < 4.78 is 11.3. The van der Waals surface area contributed by atoms with Crippen LogP contribution in [0.5, 0.6) is 5.75 Å². The molecule has 13 heteroatoms. The third-order valence-electron chi connectivity index (χ3n) is 8.70. The van der Waals surface area contributed by atoms with Gasteiger partial charge in [0.05, 0.1) is 17.6 Å². The van der Waals surface area contributed by atoms with E-state index in [4.69, 9.17) is 21.4 Å². The molecule has 0 aliphatic heterocycles. The van der Waals surface area contributed by atoms with Crippen molar-refractivity contribution in [2.45, 2.75) is 96.7 Å². The Hall–Kier alpha value is -4.72. The molecular formula is C40H48N6O5S2. The maximum absolute atomic E-state index is 13.8. The van der Waals surface area contributed by atoms with E-state index in [1.165, 1.54) is 43.9 Å². The standard InChI is InChI=1S/C40H48N6O5S2/c1-6-7-8-9-10-21-50-30-17-15-27(16-18-30)29-23-41-35(42-24-29)28-13-11-26(12-14-28)22-31(43-37(49)32-19-20-33(53-32)40(3,4)5)36(48)44-34(25(2)47)38-45-46-39(52)51-38/h11-20,23-25,31,34,47H,6-10,21-22H2,1-5H3,(H,43,49)(H,44,48)(H,46,52)/t25?,31-,34+/m0/s1. The summed E-state index contributed by atoms with van der Waals surface area (Å²) in [4.78, 5) is 38.0. The molecule has 0 saturated heterocycles. The molecule has 4 N–H and O–H groups in total. The Labute approximate surface area is 319 Å². The van der Waals surface area contributed by atoms with Crippen molar-refractivity contribution in [1.29, 1.82) is 0 Å². The van der Waals surface area contributed by atoms with Crippen LogP contribution >= 0.6 is 23.6 Å². The van der Waals surface area contributed by atoms with E-state index in [-0.39, 0.29) is 28.5 Å². The number of carbonyl (C=O) groups excluding carboxylic acids is 2. The molecule has 5 aromatic rings. The summed E-state index contributed by atoms with van der Waals surface area (Å²) in [6.07, 6.45) is 8.71. The number of carbonyl (C=O) groups is 2. The Morgan fingerprint density at radius 3 is 2.21 bits per heavy atom. The smallest absolute Gasteiger partial charge is 0.284 e. The molecule has 3 aromatic heterocycles. The Balaban J connectivity index is 1.26.